The van der Waals surface area contributed by atoms with E-state index in [2.05, 4.69) is 21.7 Å². The van der Waals surface area contributed by atoms with E-state index >= 15 is 0 Å². The van der Waals surface area contributed by atoms with Gasteiger partial charge in [-0.1, -0.05) is 6.07 Å². The van der Waals surface area contributed by atoms with Crippen LogP contribution in [0.3, 0.4) is 0 Å². The second-order valence-electron chi connectivity index (χ2n) is 4.46. The molecular formula is C15H15N3O. The molecule has 0 radical (unpaired) electrons. The van der Waals surface area contributed by atoms with Gasteiger partial charge in [0.1, 0.15) is 5.75 Å². The summed E-state index contributed by atoms with van der Waals surface area (Å²) in [7, 11) is 3.70. The molecule has 0 atom stereocenters. The number of rotatable bonds is 2. The Morgan fingerprint density at radius 1 is 1.21 bits per heavy atom. The van der Waals surface area contributed by atoms with Crippen molar-refractivity contribution in [3.63, 3.8) is 0 Å². The first-order valence-corrected chi connectivity index (χ1v) is 6.05. The zero-order valence-corrected chi connectivity index (χ0v) is 10.9. The van der Waals surface area contributed by atoms with Gasteiger partial charge in [0.15, 0.2) is 0 Å². The summed E-state index contributed by atoms with van der Waals surface area (Å²) >= 11 is 0. The number of nitrogens with zero attached hydrogens (tertiary/aromatic N) is 2. The average molecular weight is 253 g/mol. The minimum absolute atomic E-state index is 0.710. The molecule has 2 aromatic heterocycles. The summed E-state index contributed by atoms with van der Waals surface area (Å²) in [6.07, 6.45) is 1.72. The number of ether oxygens (including phenoxy) is 1. The van der Waals surface area contributed by atoms with Gasteiger partial charge in [0.05, 0.1) is 24.0 Å². The maximum atomic E-state index is 5.82. The van der Waals surface area contributed by atoms with Gasteiger partial charge in [-0.2, -0.15) is 0 Å². The number of aromatic nitrogens is 2. The Morgan fingerprint density at radius 3 is 2.79 bits per heavy atom. The van der Waals surface area contributed by atoms with Crippen LogP contribution in [-0.4, -0.2) is 16.7 Å². The van der Waals surface area contributed by atoms with Crippen molar-refractivity contribution in [3.8, 4) is 17.1 Å². The molecule has 4 heteroatoms. The largest absolute Gasteiger partial charge is 0.496 e. The highest BCUT2D eigenvalue weighted by Gasteiger charge is 2.11. The lowest BCUT2D eigenvalue weighted by molar-refractivity contribution is 0.420. The Balaban J connectivity index is 2.28. The fraction of sp³-hybridized carbons (Fsp3) is 0.133. The Kier molecular flexibility index (Phi) is 2.63. The van der Waals surface area contributed by atoms with Gasteiger partial charge < -0.3 is 15.0 Å². The van der Waals surface area contributed by atoms with Crippen molar-refractivity contribution in [1.29, 1.82) is 0 Å². The van der Waals surface area contributed by atoms with Crippen molar-refractivity contribution in [2.24, 2.45) is 7.05 Å². The Bertz CT molecular complexity index is 746. The molecule has 3 aromatic rings. The first kappa shape index (κ1) is 11.6. The average Bonchev–Trinajstić information content (AvgIpc) is 2.76. The molecule has 0 spiro atoms. The monoisotopic (exact) mass is 253 g/mol. The maximum absolute atomic E-state index is 5.82. The predicted octanol–water partition coefficient (Wildman–Crippen LogP) is 2.83. The number of anilines is 1. The van der Waals surface area contributed by atoms with Crippen molar-refractivity contribution >= 4 is 16.6 Å². The third-order valence-electron chi connectivity index (χ3n) is 3.31. The summed E-state index contributed by atoms with van der Waals surface area (Å²) in [6, 6.07) is 11.7. The zero-order valence-electron chi connectivity index (χ0n) is 10.9. The molecule has 3 rings (SSSR count). The van der Waals surface area contributed by atoms with Crippen LogP contribution in [0.5, 0.6) is 5.75 Å². The van der Waals surface area contributed by atoms with Gasteiger partial charge in [0, 0.05) is 24.3 Å². The molecule has 0 aliphatic heterocycles. The minimum atomic E-state index is 0.710. The minimum Gasteiger partial charge on any atom is -0.496 e. The lowest BCUT2D eigenvalue weighted by Gasteiger charge is -2.04. The van der Waals surface area contributed by atoms with E-state index in [1.54, 1.807) is 19.4 Å². The van der Waals surface area contributed by atoms with Crippen molar-refractivity contribution in [1.82, 2.24) is 9.55 Å². The van der Waals surface area contributed by atoms with Crippen LogP contribution in [0.2, 0.25) is 0 Å². The number of hydrogen-bond donors (Lipinski definition) is 1. The molecule has 0 bridgehead atoms. The van der Waals surface area contributed by atoms with E-state index in [9.17, 15) is 0 Å². The van der Waals surface area contributed by atoms with Crippen LogP contribution in [0.4, 0.5) is 5.69 Å². The summed E-state index contributed by atoms with van der Waals surface area (Å²) in [5.41, 5.74) is 9.52. The van der Waals surface area contributed by atoms with E-state index in [1.807, 2.05) is 25.2 Å². The van der Waals surface area contributed by atoms with Crippen LogP contribution < -0.4 is 10.5 Å². The normalized spacial score (nSPS) is 10.8. The second-order valence-corrected chi connectivity index (χ2v) is 4.46. The molecule has 0 saturated heterocycles. The predicted molar refractivity (Wildman–Crippen MR) is 77.1 cm³/mol. The number of pyridine rings is 1. The van der Waals surface area contributed by atoms with E-state index in [4.69, 9.17) is 10.5 Å². The number of aryl methyl sites for hydroxylation is 1. The van der Waals surface area contributed by atoms with Gasteiger partial charge in [0.25, 0.3) is 0 Å². The highest BCUT2D eigenvalue weighted by Crippen LogP contribution is 2.32. The Morgan fingerprint density at radius 2 is 2.05 bits per heavy atom. The summed E-state index contributed by atoms with van der Waals surface area (Å²) in [5, 5.41) is 1.08. The van der Waals surface area contributed by atoms with E-state index in [0.717, 1.165) is 28.0 Å². The van der Waals surface area contributed by atoms with Crippen molar-refractivity contribution in [2.75, 3.05) is 12.8 Å². The Hall–Kier alpha value is -2.49. The quantitative estimate of drug-likeness (QED) is 0.764. The molecule has 2 N–H and O–H groups in total. The number of nitrogens with two attached hydrogens (primary N) is 1. The van der Waals surface area contributed by atoms with Gasteiger partial charge in [-0.25, -0.2) is 0 Å². The second kappa shape index (κ2) is 4.31. The van der Waals surface area contributed by atoms with Crippen LogP contribution in [-0.2, 0) is 7.05 Å². The van der Waals surface area contributed by atoms with Crippen LogP contribution in [0.1, 0.15) is 0 Å². The van der Waals surface area contributed by atoms with Crippen LogP contribution in [0.25, 0.3) is 22.3 Å². The molecule has 0 aliphatic rings. The summed E-state index contributed by atoms with van der Waals surface area (Å²) < 4.78 is 7.49. The van der Waals surface area contributed by atoms with Crippen LogP contribution in [0, 0.1) is 0 Å². The molecule has 4 nitrogen and oxygen atoms in total. The molecule has 0 fully saturated rings. The number of hydrogen-bond acceptors (Lipinski definition) is 3. The molecule has 19 heavy (non-hydrogen) atoms. The third-order valence-corrected chi connectivity index (χ3v) is 3.31. The van der Waals surface area contributed by atoms with Gasteiger partial charge in [0.2, 0.25) is 0 Å². The lowest BCUT2D eigenvalue weighted by atomic mass is 10.2. The molecule has 0 unspecified atom stereocenters. The fourth-order valence-corrected chi connectivity index (χ4v) is 2.34. The Labute approximate surface area is 111 Å². The van der Waals surface area contributed by atoms with E-state index in [-0.39, 0.29) is 0 Å². The summed E-state index contributed by atoms with van der Waals surface area (Å²) in [4.78, 5) is 4.38. The van der Waals surface area contributed by atoms with E-state index in [0.29, 0.717) is 5.69 Å². The van der Waals surface area contributed by atoms with Gasteiger partial charge in [-0.3, -0.25) is 4.98 Å². The first-order valence-electron chi connectivity index (χ1n) is 6.05. The molecular weight excluding hydrogens is 238 g/mol. The van der Waals surface area contributed by atoms with E-state index in [1.165, 1.54) is 0 Å². The molecule has 1 aromatic carbocycles. The molecule has 0 amide bonds. The van der Waals surface area contributed by atoms with E-state index < -0.39 is 0 Å². The third kappa shape index (κ3) is 1.81. The lowest BCUT2D eigenvalue weighted by Crippen LogP contribution is -1.94. The van der Waals surface area contributed by atoms with Crippen molar-refractivity contribution in [3.05, 3.63) is 42.6 Å². The molecule has 96 valence electrons. The van der Waals surface area contributed by atoms with Crippen molar-refractivity contribution in [2.45, 2.75) is 0 Å². The van der Waals surface area contributed by atoms with Crippen LogP contribution in [0.15, 0.2) is 42.6 Å². The number of fused-ring (bicyclic) bond motifs is 1. The van der Waals surface area contributed by atoms with Crippen LogP contribution >= 0.6 is 0 Å². The summed E-state index contributed by atoms with van der Waals surface area (Å²) in [6.45, 7) is 0. The standard InChI is InChI=1S/C15H15N3O/c1-18-13-4-3-5-15(19-2)11(13)9-14(18)12-8-10(16)6-7-17-12/h3-9H,1-2H3,(H2,16,17). The van der Waals surface area contributed by atoms with Gasteiger partial charge in [-0.15, -0.1) is 0 Å². The zero-order chi connectivity index (χ0) is 13.4. The SMILES string of the molecule is COc1cccc2c1cc(-c1cc(N)ccn1)n2C. The van der Waals surface area contributed by atoms with Gasteiger partial charge >= 0.3 is 0 Å². The first-order chi connectivity index (χ1) is 9.20. The molecule has 0 saturated carbocycles. The van der Waals surface area contributed by atoms with Crippen molar-refractivity contribution < 1.29 is 4.74 Å². The highest BCUT2D eigenvalue weighted by molar-refractivity contribution is 5.91. The summed E-state index contributed by atoms with van der Waals surface area (Å²) in [5.74, 6) is 0.864. The topological polar surface area (TPSA) is 53.1 Å². The smallest absolute Gasteiger partial charge is 0.128 e. The fourth-order valence-electron chi connectivity index (χ4n) is 2.34. The van der Waals surface area contributed by atoms with Gasteiger partial charge in [-0.05, 0) is 30.3 Å². The number of benzene rings is 1. The molecule has 0 aliphatic carbocycles. The number of methoxy groups -OCH3 is 1. The highest BCUT2D eigenvalue weighted by atomic mass is 16.5. The molecule has 2 heterocycles. The maximum Gasteiger partial charge on any atom is 0.128 e. The number of nitrogen functional groups attached to an aromatic ring is 1.